The standard InChI is InChI=1S/C35H41ClFN4O3.W/c1-24-28(14-16-32(34(24)36)44-22-21-40-19-17-39(3)18-20-40)33-30(26-9-11-27(37)12-10-26)23-41(38-2)31(33)15-13-29(35(42)43)25-7-5-4-6-8-25;/h2,9-12,14,16,23,25,29H,4-8,13,17-22H2,1,3H3,(H,42,43);/q-1;. The van der Waals surface area contributed by atoms with Crippen molar-refractivity contribution in [3.63, 3.8) is 0 Å². The second-order valence-corrected chi connectivity index (χ2v) is 14.4. The van der Waals surface area contributed by atoms with Crippen molar-refractivity contribution in [1.82, 2.24) is 14.5 Å². The molecule has 0 spiro atoms. The normalized spacial score (nSPS) is 17.2. The molecule has 2 fully saturated rings. The van der Waals surface area contributed by atoms with Crippen LogP contribution in [0.2, 0.25) is 5.02 Å². The van der Waals surface area contributed by atoms with E-state index in [0.717, 1.165) is 122 Å². The van der Waals surface area contributed by atoms with Gasteiger partial charge in [-0.1, -0.05) is 0 Å². The van der Waals surface area contributed by atoms with Gasteiger partial charge in [0.2, 0.25) is 0 Å². The number of nitrogens with zero attached hydrogens (tertiary/aromatic N) is 4. The van der Waals surface area contributed by atoms with Crippen molar-refractivity contribution in [3.8, 4) is 28.0 Å². The Morgan fingerprint density at radius 2 is 1.80 bits per heavy atom. The zero-order chi connectivity index (χ0) is 32.1. The summed E-state index contributed by atoms with van der Waals surface area (Å²) in [5.74, 6) is -0.815. The van der Waals surface area contributed by atoms with Gasteiger partial charge in [0, 0.05) is 13.1 Å². The number of rotatable bonds is 12. The third-order valence-corrected chi connectivity index (χ3v) is 11.1. The van der Waals surface area contributed by atoms with E-state index in [-0.39, 0.29) is 11.7 Å². The van der Waals surface area contributed by atoms with Gasteiger partial charge < -0.3 is 4.90 Å². The van der Waals surface area contributed by atoms with Crippen LogP contribution in [0.5, 0.6) is 5.75 Å². The zero-order valence-electron chi connectivity index (χ0n) is 26.0. The summed E-state index contributed by atoms with van der Waals surface area (Å²) < 4.78 is 22.7. The SMILES string of the molecule is [CH-]=Nn1cc(-c2ccc(F)cc2)c(-c2ccc(OCCN3CCN(C)CC3)c(Cl)c2C)c1[C](=[W])CC(C(=O)O)C1CCCCC1. The summed E-state index contributed by atoms with van der Waals surface area (Å²) in [4.78, 5) is 17.3. The number of carbonyl (C=O) groups is 1. The molecular formula is C35H41ClFN4O3W-. The van der Waals surface area contributed by atoms with Crippen LogP contribution in [-0.4, -0.2) is 82.5 Å². The first-order chi connectivity index (χ1) is 21.7. The number of benzene rings is 2. The molecule has 7 nitrogen and oxygen atoms in total. The molecular weight excluding hydrogens is 763 g/mol. The van der Waals surface area contributed by atoms with Gasteiger partial charge in [0.1, 0.15) is 0 Å². The van der Waals surface area contributed by atoms with Crippen molar-refractivity contribution < 1.29 is 38.4 Å². The molecule has 0 bridgehead atoms. The molecule has 0 amide bonds. The maximum absolute atomic E-state index is 14.0. The number of aromatic nitrogens is 1. The first kappa shape index (κ1) is 33.7. The average molecular weight is 804 g/mol. The summed E-state index contributed by atoms with van der Waals surface area (Å²) in [6.45, 7) is 13.4. The van der Waals surface area contributed by atoms with E-state index in [1.165, 1.54) is 12.1 Å². The number of aliphatic carboxylic acids is 1. The number of hydrogen-bond donors (Lipinski definition) is 1. The van der Waals surface area contributed by atoms with Crippen molar-refractivity contribution in [3.05, 3.63) is 64.7 Å². The number of ether oxygens (including phenoxy) is 1. The Labute approximate surface area is 281 Å². The summed E-state index contributed by atoms with van der Waals surface area (Å²) >= 11 is 8.13. The fourth-order valence-corrected chi connectivity index (χ4v) is 8.23. The second-order valence-electron chi connectivity index (χ2n) is 12.2. The van der Waals surface area contributed by atoms with Gasteiger partial charge >= 0.3 is 257 Å². The summed E-state index contributed by atoms with van der Waals surface area (Å²) in [5, 5.41) is 14.9. The van der Waals surface area contributed by atoms with Crippen molar-refractivity contribution in [2.45, 2.75) is 45.4 Å². The van der Waals surface area contributed by atoms with Crippen LogP contribution in [0.25, 0.3) is 22.3 Å². The number of halogens is 2. The Balaban J connectivity index is 1.51. The minimum atomic E-state index is -0.763. The van der Waals surface area contributed by atoms with Crippen LogP contribution in [0.15, 0.2) is 47.7 Å². The van der Waals surface area contributed by atoms with Crippen LogP contribution in [0.1, 0.15) is 49.8 Å². The number of likely N-dealkylation sites (N-methyl/N-ethyl adjacent to an activating group) is 1. The van der Waals surface area contributed by atoms with E-state index in [0.29, 0.717) is 23.8 Å². The second kappa shape index (κ2) is 15.3. The van der Waals surface area contributed by atoms with Crippen molar-refractivity contribution >= 4 is 28.2 Å². The van der Waals surface area contributed by atoms with E-state index >= 15 is 0 Å². The first-order valence-corrected chi connectivity index (χ1v) is 17.5. The first-order valence-electron chi connectivity index (χ1n) is 15.7. The minimum absolute atomic E-state index is 0.141. The molecule has 0 radical (unpaired) electrons. The van der Waals surface area contributed by atoms with Crippen LogP contribution in [-0.2, 0) is 24.1 Å². The van der Waals surface area contributed by atoms with Gasteiger partial charge in [-0.15, -0.1) is 0 Å². The monoisotopic (exact) mass is 803 g/mol. The van der Waals surface area contributed by atoms with Crippen molar-refractivity contribution in [2.24, 2.45) is 16.9 Å². The predicted molar refractivity (Wildman–Crippen MR) is 175 cm³/mol. The van der Waals surface area contributed by atoms with Crippen LogP contribution in [0.4, 0.5) is 4.39 Å². The van der Waals surface area contributed by atoms with Crippen molar-refractivity contribution in [2.75, 3.05) is 46.4 Å². The van der Waals surface area contributed by atoms with Crippen molar-refractivity contribution in [1.29, 1.82) is 0 Å². The van der Waals surface area contributed by atoms with Gasteiger partial charge in [0.05, 0.1) is 0 Å². The molecule has 1 unspecified atom stereocenters. The van der Waals surface area contributed by atoms with Gasteiger partial charge in [0.25, 0.3) is 0 Å². The zero-order valence-corrected chi connectivity index (χ0v) is 29.7. The molecule has 1 aromatic heterocycles. The molecule has 1 aliphatic carbocycles. The van der Waals surface area contributed by atoms with Crippen LogP contribution in [0, 0.1) is 24.6 Å². The van der Waals surface area contributed by atoms with E-state index in [9.17, 15) is 14.3 Å². The summed E-state index contributed by atoms with van der Waals surface area (Å²) in [6, 6.07) is 10.2. The number of hydrogen-bond acceptors (Lipinski definition) is 5. The van der Waals surface area contributed by atoms with E-state index in [4.69, 9.17) is 23.1 Å². The Kier molecular flexibility index (Phi) is 11.5. The number of carboxylic acids is 1. The topological polar surface area (TPSA) is 70.3 Å². The Hall–Kier alpha value is -2.64. The molecule has 1 saturated carbocycles. The van der Waals surface area contributed by atoms with Gasteiger partial charge in [-0.25, -0.2) is 0 Å². The summed E-state index contributed by atoms with van der Waals surface area (Å²) in [5.41, 5.74) is 4.91. The maximum atomic E-state index is 14.0. The fourth-order valence-electron chi connectivity index (χ4n) is 6.66. The predicted octanol–water partition coefficient (Wildman–Crippen LogP) is 6.63. The van der Waals surface area contributed by atoms with E-state index < -0.39 is 11.9 Å². The Morgan fingerprint density at radius 1 is 1.11 bits per heavy atom. The molecule has 3 aromatic rings. The van der Waals surface area contributed by atoms with Gasteiger partial charge in [-0.3, -0.25) is 0 Å². The quantitative estimate of drug-likeness (QED) is 0.165. The molecule has 2 heterocycles. The average Bonchev–Trinajstić information content (AvgIpc) is 3.43. The van der Waals surface area contributed by atoms with Gasteiger partial charge in [-0.2, -0.15) is 0 Å². The van der Waals surface area contributed by atoms with Gasteiger partial charge in [0.15, 0.2) is 0 Å². The molecule has 45 heavy (non-hydrogen) atoms. The molecule has 1 saturated heterocycles. The summed E-state index contributed by atoms with van der Waals surface area (Å²) in [6.07, 6.45) is 7.40. The van der Waals surface area contributed by atoms with E-state index in [2.05, 4.69) is 21.9 Å². The van der Waals surface area contributed by atoms with Crippen LogP contribution in [0.3, 0.4) is 0 Å². The van der Waals surface area contributed by atoms with E-state index in [1.54, 1.807) is 16.8 Å². The van der Waals surface area contributed by atoms with Crippen LogP contribution >= 0.6 is 11.6 Å². The molecule has 1 N–H and O–H groups in total. The fraction of sp³-hybridized carbons (Fsp3) is 0.457. The molecule has 2 aliphatic rings. The Bertz CT molecular complexity index is 1530. The third kappa shape index (κ3) is 7.85. The van der Waals surface area contributed by atoms with Crippen LogP contribution < -0.4 is 4.74 Å². The molecule has 1 atom stereocenters. The Morgan fingerprint density at radius 3 is 2.44 bits per heavy atom. The number of piperazine rings is 1. The molecule has 10 heteroatoms. The van der Waals surface area contributed by atoms with Gasteiger partial charge in [-0.05, 0) is 7.05 Å². The number of carboxylic acid groups (broad SMARTS) is 1. The van der Waals surface area contributed by atoms with E-state index in [1.807, 2.05) is 25.3 Å². The molecule has 1 aliphatic heterocycles. The summed E-state index contributed by atoms with van der Waals surface area (Å²) in [7, 11) is 2.14. The molecule has 240 valence electrons. The molecule has 5 rings (SSSR count). The molecule has 2 aromatic carbocycles. The third-order valence-electron chi connectivity index (χ3n) is 9.35.